The topological polar surface area (TPSA) is 56.3 Å². The van der Waals surface area contributed by atoms with Crippen molar-refractivity contribution in [1.29, 1.82) is 5.26 Å². The maximum absolute atomic E-state index is 9.50. The van der Waals surface area contributed by atoms with Crippen LogP contribution in [-0.4, -0.2) is 48.6 Å². The molecule has 108 valence electrons. The number of rotatable bonds is 4. The van der Waals surface area contributed by atoms with Crippen molar-refractivity contribution < 1.29 is 0 Å². The normalized spacial score (nSPS) is 20.6. The van der Waals surface area contributed by atoms with Crippen molar-refractivity contribution >= 4 is 0 Å². The van der Waals surface area contributed by atoms with Crippen molar-refractivity contribution in [1.82, 2.24) is 9.80 Å². The van der Waals surface area contributed by atoms with Crippen LogP contribution in [0.25, 0.3) is 0 Å². The molecule has 1 aromatic carbocycles. The summed E-state index contributed by atoms with van der Waals surface area (Å²) in [6, 6.07) is 12.6. The quantitative estimate of drug-likeness (QED) is 0.900. The first-order valence-corrected chi connectivity index (χ1v) is 7.27. The molecule has 0 saturated carbocycles. The van der Waals surface area contributed by atoms with Crippen molar-refractivity contribution in [2.75, 3.05) is 32.7 Å². The van der Waals surface area contributed by atoms with E-state index < -0.39 is 5.54 Å². The summed E-state index contributed by atoms with van der Waals surface area (Å²) in [7, 11) is 0. The molecule has 0 aliphatic carbocycles. The molecule has 0 radical (unpaired) electrons. The van der Waals surface area contributed by atoms with Gasteiger partial charge in [0.05, 0.1) is 6.07 Å². The maximum atomic E-state index is 9.50. The highest BCUT2D eigenvalue weighted by atomic mass is 15.3. The molecule has 20 heavy (non-hydrogen) atoms. The van der Waals surface area contributed by atoms with E-state index in [1.807, 2.05) is 30.3 Å². The second kappa shape index (κ2) is 6.36. The molecule has 1 heterocycles. The van der Waals surface area contributed by atoms with Crippen LogP contribution in [0.4, 0.5) is 0 Å². The lowest BCUT2D eigenvalue weighted by Crippen LogP contribution is -2.54. The Bertz CT molecular complexity index is 457. The van der Waals surface area contributed by atoms with Crippen LogP contribution in [0.2, 0.25) is 0 Å². The van der Waals surface area contributed by atoms with E-state index in [0.717, 1.165) is 31.7 Å². The standard InChI is InChI=1S/C16H24N4/c1-14(2)20-10-8-19(9-11-20)13-16(18,12-17)15-6-4-3-5-7-15/h3-7,14H,8-11,13,18H2,1-2H3. The van der Waals surface area contributed by atoms with Crippen LogP contribution in [-0.2, 0) is 5.54 Å². The molecule has 0 aromatic heterocycles. The van der Waals surface area contributed by atoms with Crippen molar-refractivity contribution in [2.45, 2.75) is 25.4 Å². The minimum atomic E-state index is -0.915. The second-order valence-corrected chi connectivity index (χ2v) is 5.86. The van der Waals surface area contributed by atoms with Crippen LogP contribution in [0.1, 0.15) is 19.4 Å². The van der Waals surface area contributed by atoms with Gasteiger partial charge in [0, 0.05) is 38.8 Å². The van der Waals surface area contributed by atoms with Gasteiger partial charge in [-0.2, -0.15) is 5.26 Å². The first-order valence-electron chi connectivity index (χ1n) is 7.27. The molecular weight excluding hydrogens is 248 g/mol. The molecule has 0 amide bonds. The predicted octanol–water partition coefficient (Wildman–Crippen LogP) is 1.39. The minimum absolute atomic E-state index is 0.588. The predicted molar refractivity (Wildman–Crippen MR) is 81.1 cm³/mol. The number of hydrogen-bond acceptors (Lipinski definition) is 4. The Morgan fingerprint density at radius 1 is 1.20 bits per heavy atom. The first-order chi connectivity index (χ1) is 9.55. The molecule has 0 spiro atoms. The Morgan fingerprint density at radius 3 is 2.30 bits per heavy atom. The van der Waals surface area contributed by atoms with E-state index in [0.29, 0.717) is 12.6 Å². The highest BCUT2D eigenvalue weighted by molar-refractivity contribution is 5.31. The summed E-state index contributed by atoms with van der Waals surface area (Å²) in [5.41, 5.74) is 6.31. The van der Waals surface area contributed by atoms with Crippen LogP contribution >= 0.6 is 0 Å². The summed E-state index contributed by atoms with van der Waals surface area (Å²) >= 11 is 0. The fourth-order valence-corrected chi connectivity index (χ4v) is 2.72. The summed E-state index contributed by atoms with van der Waals surface area (Å²) in [4.78, 5) is 4.76. The summed E-state index contributed by atoms with van der Waals surface area (Å²) in [6.45, 7) is 9.10. The zero-order valence-electron chi connectivity index (χ0n) is 12.4. The second-order valence-electron chi connectivity index (χ2n) is 5.86. The zero-order chi connectivity index (χ0) is 14.6. The average molecular weight is 272 g/mol. The number of nitrogens with zero attached hydrogens (tertiary/aromatic N) is 3. The number of nitriles is 1. The van der Waals surface area contributed by atoms with Gasteiger partial charge in [0.1, 0.15) is 5.54 Å². The van der Waals surface area contributed by atoms with Gasteiger partial charge in [0.25, 0.3) is 0 Å². The monoisotopic (exact) mass is 272 g/mol. The summed E-state index contributed by atoms with van der Waals surface area (Å²) in [6.07, 6.45) is 0. The van der Waals surface area contributed by atoms with Crippen molar-refractivity contribution in [3.05, 3.63) is 35.9 Å². The molecule has 0 bridgehead atoms. The van der Waals surface area contributed by atoms with E-state index >= 15 is 0 Å². The highest BCUT2D eigenvalue weighted by Crippen LogP contribution is 2.20. The fraction of sp³-hybridized carbons (Fsp3) is 0.562. The van der Waals surface area contributed by atoms with Gasteiger partial charge < -0.3 is 5.73 Å². The Kier molecular flexibility index (Phi) is 4.77. The number of hydrogen-bond donors (Lipinski definition) is 1. The molecule has 1 saturated heterocycles. The van der Waals surface area contributed by atoms with E-state index in [4.69, 9.17) is 5.73 Å². The molecule has 1 unspecified atom stereocenters. The Hall–Kier alpha value is -1.41. The minimum Gasteiger partial charge on any atom is -0.309 e. The SMILES string of the molecule is CC(C)N1CCN(CC(N)(C#N)c2ccccc2)CC1. The van der Waals surface area contributed by atoms with Crippen LogP contribution in [0.5, 0.6) is 0 Å². The Labute approximate surface area is 121 Å². The summed E-state index contributed by atoms with van der Waals surface area (Å²) < 4.78 is 0. The Morgan fingerprint density at radius 2 is 1.80 bits per heavy atom. The zero-order valence-corrected chi connectivity index (χ0v) is 12.4. The number of nitrogens with two attached hydrogens (primary N) is 1. The highest BCUT2D eigenvalue weighted by Gasteiger charge is 2.31. The van der Waals surface area contributed by atoms with Gasteiger partial charge in [-0.05, 0) is 19.4 Å². The van der Waals surface area contributed by atoms with Gasteiger partial charge in [-0.3, -0.25) is 9.80 Å². The molecule has 1 aliphatic heterocycles. The average Bonchev–Trinajstić information content (AvgIpc) is 2.48. The molecule has 4 nitrogen and oxygen atoms in total. The molecular formula is C16H24N4. The van der Waals surface area contributed by atoms with Crippen LogP contribution < -0.4 is 5.73 Å². The van der Waals surface area contributed by atoms with Gasteiger partial charge in [-0.1, -0.05) is 30.3 Å². The molecule has 1 atom stereocenters. The van der Waals surface area contributed by atoms with E-state index in [2.05, 4.69) is 29.7 Å². The van der Waals surface area contributed by atoms with Crippen LogP contribution in [0, 0.1) is 11.3 Å². The molecule has 1 fully saturated rings. The van der Waals surface area contributed by atoms with Crippen LogP contribution in [0.3, 0.4) is 0 Å². The van der Waals surface area contributed by atoms with Crippen LogP contribution in [0.15, 0.2) is 30.3 Å². The smallest absolute Gasteiger partial charge is 0.142 e. The summed E-state index contributed by atoms with van der Waals surface area (Å²) in [5.74, 6) is 0. The van der Waals surface area contributed by atoms with Gasteiger partial charge in [0.2, 0.25) is 0 Å². The van der Waals surface area contributed by atoms with Gasteiger partial charge in [-0.25, -0.2) is 0 Å². The van der Waals surface area contributed by atoms with E-state index in [1.54, 1.807) is 0 Å². The molecule has 4 heteroatoms. The third kappa shape index (κ3) is 3.37. The lowest BCUT2D eigenvalue weighted by atomic mass is 9.91. The lowest BCUT2D eigenvalue weighted by molar-refractivity contribution is 0.0978. The number of benzene rings is 1. The van der Waals surface area contributed by atoms with Crippen molar-refractivity contribution in [3.63, 3.8) is 0 Å². The number of piperazine rings is 1. The van der Waals surface area contributed by atoms with E-state index in [-0.39, 0.29) is 0 Å². The first kappa shape index (κ1) is 15.0. The maximum Gasteiger partial charge on any atom is 0.142 e. The molecule has 2 rings (SSSR count). The van der Waals surface area contributed by atoms with E-state index in [1.165, 1.54) is 0 Å². The largest absolute Gasteiger partial charge is 0.309 e. The van der Waals surface area contributed by atoms with Gasteiger partial charge in [0.15, 0.2) is 0 Å². The van der Waals surface area contributed by atoms with Crippen molar-refractivity contribution in [3.8, 4) is 6.07 Å². The van der Waals surface area contributed by atoms with Crippen molar-refractivity contribution in [2.24, 2.45) is 5.73 Å². The summed E-state index contributed by atoms with van der Waals surface area (Å²) in [5, 5.41) is 9.50. The van der Waals surface area contributed by atoms with E-state index in [9.17, 15) is 5.26 Å². The third-order valence-electron chi connectivity index (χ3n) is 4.10. The molecule has 2 N–H and O–H groups in total. The fourth-order valence-electron chi connectivity index (χ4n) is 2.72. The molecule has 1 aliphatic rings. The third-order valence-corrected chi connectivity index (χ3v) is 4.10. The van der Waals surface area contributed by atoms with Gasteiger partial charge >= 0.3 is 0 Å². The Balaban J connectivity index is 2.00. The lowest BCUT2D eigenvalue weighted by Gasteiger charge is -2.39. The molecule has 1 aromatic rings. The van der Waals surface area contributed by atoms with Gasteiger partial charge in [-0.15, -0.1) is 0 Å².